The average Bonchev–Trinajstić information content (AvgIpc) is 2.99. The summed E-state index contributed by atoms with van der Waals surface area (Å²) in [5.41, 5.74) is 2.85. The molecule has 0 aliphatic carbocycles. The number of benzene rings is 2. The molecule has 3 aromatic rings. The van der Waals surface area contributed by atoms with Gasteiger partial charge in [-0.3, -0.25) is 4.79 Å². The number of carbonyl (C=O) groups is 2. The van der Waals surface area contributed by atoms with Crippen LogP contribution in [0.1, 0.15) is 37.1 Å². The molecular weight excluding hydrogens is 404 g/mol. The number of anilines is 2. The molecule has 1 aromatic heterocycles. The largest absolute Gasteiger partial charge is 0.441 e. The second-order valence-corrected chi connectivity index (χ2v) is 8.02. The van der Waals surface area contributed by atoms with Gasteiger partial charge in [0.25, 0.3) is 0 Å². The van der Waals surface area contributed by atoms with Gasteiger partial charge in [0, 0.05) is 30.0 Å². The molecule has 0 unspecified atom stereocenters. The summed E-state index contributed by atoms with van der Waals surface area (Å²) in [6.45, 7) is 3.41. The Kier molecular flexibility index (Phi) is 6.84. The first kappa shape index (κ1) is 21.6. The van der Waals surface area contributed by atoms with Gasteiger partial charge in [0.15, 0.2) is 0 Å². The van der Waals surface area contributed by atoms with Crippen LogP contribution in [0.3, 0.4) is 0 Å². The number of nitrogens with one attached hydrogen (secondary N) is 2. The van der Waals surface area contributed by atoms with Gasteiger partial charge in [-0.1, -0.05) is 31.0 Å². The molecule has 3 amide bonds. The maximum atomic E-state index is 12.5. The van der Waals surface area contributed by atoms with Crippen LogP contribution in [-0.2, 0) is 11.2 Å². The highest BCUT2D eigenvalue weighted by Crippen LogP contribution is 2.22. The van der Waals surface area contributed by atoms with Crippen molar-refractivity contribution in [3.8, 4) is 11.5 Å². The number of aromatic nitrogens is 1. The van der Waals surface area contributed by atoms with Crippen LogP contribution in [0.5, 0.6) is 0 Å². The second-order valence-electron chi connectivity index (χ2n) is 8.02. The second kappa shape index (κ2) is 10.1. The van der Waals surface area contributed by atoms with Crippen LogP contribution in [0.25, 0.3) is 11.5 Å². The SMILES string of the molecule is Cc1oc(-c2ccccc2)nc1CC(=O)Nc1ccc(NC(=O)N2CCCCCC2)cc1. The number of carbonyl (C=O) groups excluding carboxylic acids is 2. The molecule has 1 aliphatic heterocycles. The number of rotatable bonds is 5. The Balaban J connectivity index is 1.32. The molecule has 1 fully saturated rings. The van der Waals surface area contributed by atoms with Gasteiger partial charge in [-0.15, -0.1) is 0 Å². The minimum atomic E-state index is -0.178. The first-order valence-electron chi connectivity index (χ1n) is 11.1. The molecule has 32 heavy (non-hydrogen) atoms. The Morgan fingerprint density at radius 1 is 0.906 bits per heavy atom. The number of amides is 3. The van der Waals surface area contributed by atoms with Gasteiger partial charge in [-0.25, -0.2) is 9.78 Å². The van der Waals surface area contributed by atoms with Crippen LogP contribution in [0.15, 0.2) is 59.0 Å². The van der Waals surface area contributed by atoms with E-state index in [0.29, 0.717) is 28.7 Å². The maximum Gasteiger partial charge on any atom is 0.321 e. The fraction of sp³-hybridized carbons (Fsp3) is 0.320. The summed E-state index contributed by atoms with van der Waals surface area (Å²) in [5.74, 6) is 0.961. The van der Waals surface area contributed by atoms with Crippen molar-refractivity contribution in [3.05, 3.63) is 66.1 Å². The lowest BCUT2D eigenvalue weighted by Crippen LogP contribution is -2.35. The van der Waals surface area contributed by atoms with Crippen LogP contribution in [0.4, 0.5) is 16.2 Å². The monoisotopic (exact) mass is 432 g/mol. The summed E-state index contributed by atoms with van der Waals surface area (Å²) in [4.78, 5) is 31.3. The van der Waals surface area contributed by atoms with E-state index in [2.05, 4.69) is 15.6 Å². The molecule has 7 heteroatoms. The molecule has 7 nitrogen and oxygen atoms in total. The Bertz CT molecular complexity index is 1050. The van der Waals surface area contributed by atoms with Gasteiger partial charge in [0.2, 0.25) is 11.8 Å². The first-order chi connectivity index (χ1) is 15.6. The number of urea groups is 1. The minimum Gasteiger partial charge on any atom is -0.441 e. The van der Waals surface area contributed by atoms with Crippen LogP contribution in [-0.4, -0.2) is 34.9 Å². The molecule has 0 atom stereocenters. The van der Waals surface area contributed by atoms with Crippen molar-refractivity contribution in [3.63, 3.8) is 0 Å². The zero-order chi connectivity index (χ0) is 22.3. The molecule has 0 radical (unpaired) electrons. The standard InChI is InChI=1S/C25H28N4O3/c1-18-22(28-24(32-18)19-9-5-4-6-10-19)17-23(30)26-20-11-13-21(14-12-20)27-25(31)29-15-7-2-3-8-16-29/h4-6,9-14H,2-3,7-8,15-17H2,1H3,(H,26,30)(H,27,31). The third-order valence-electron chi connectivity index (χ3n) is 5.55. The van der Waals surface area contributed by atoms with Crippen molar-refractivity contribution >= 4 is 23.3 Å². The summed E-state index contributed by atoms with van der Waals surface area (Å²) in [5, 5.41) is 5.81. The number of nitrogens with zero attached hydrogens (tertiary/aromatic N) is 2. The van der Waals surface area contributed by atoms with Crippen LogP contribution < -0.4 is 10.6 Å². The van der Waals surface area contributed by atoms with Crippen molar-refractivity contribution in [2.75, 3.05) is 23.7 Å². The number of hydrogen-bond donors (Lipinski definition) is 2. The van der Waals surface area contributed by atoms with Crippen LogP contribution in [0, 0.1) is 6.92 Å². The lowest BCUT2D eigenvalue weighted by molar-refractivity contribution is -0.115. The fourth-order valence-corrected chi connectivity index (χ4v) is 3.77. The molecule has 2 N–H and O–H groups in total. The quantitative estimate of drug-likeness (QED) is 0.577. The predicted octanol–water partition coefficient (Wildman–Crippen LogP) is 5.24. The van der Waals surface area contributed by atoms with E-state index in [0.717, 1.165) is 31.5 Å². The summed E-state index contributed by atoms with van der Waals surface area (Å²) in [7, 11) is 0. The van der Waals surface area contributed by atoms with Crippen molar-refractivity contribution < 1.29 is 14.0 Å². The summed E-state index contributed by atoms with van der Waals surface area (Å²) < 4.78 is 5.73. The van der Waals surface area contributed by atoms with Gasteiger partial charge < -0.3 is 20.0 Å². The van der Waals surface area contributed by atoms with Crippen molar-refractivity contribution in [2.24, 2.45) is 0 Å². The molecular formula is C25H28N4O3. The topological polar surface area (TPSA) is 87.5 Å². The molecule has 2 heterocycles. The van der Waals surface area contributed by atoms with Crippen molar-refractivity contribution in [2.45, 2.75) is 39.0 Å². The average molecular weight is 433 g/mol. The Hall–Kier alpha value is -3.61. The van der Waals surface area contributed by atoms with Crippen molar-refractivity contribution in [1.82, 2.24) is 9.88 Å². The molecule has 0 bridgehead atoms. The lowest BCUT2D eigenvalue weighted by atomic mass is 10.2. The Labute approximate surface area is 187 Å². The number of hydrogen-bond acceptors (Lipinski definition) is 4. The number of oxazole rings is 1. The van der Waals surface area contributed by atoms with E-state index in [1.807, 2.05) is 42.2 Å². The van der Waals surface area contributed by atoms with E-state index >= 15 is 0 Å². The molecule has 1 saturated heterocycles. The van der Waals surface area contributed by atoms with Crippen LogP contribution in [0.2, 0.25) is 0 Å². The molecule has 4 rings (SSSR count). The third-order valence-corrected chi connectivity index (χ3v) is 5.55. The Morgan fingerprint density at radius 2 is 1.53 bits per heavy atom. The normalized spacial score (nSPS) is 14.0. The van der Waals surface area contributed by atoms with E-state index in [1.54, 1.807) is 24.3 Å². The van der Waals surface area contributed by atoms with E-state index in [9.17, 15) is 9.59 Å². The summed E-state index contributed by atoms with van der Waals surface area (Å²) >= 11 is 0. The maximum absolute atomic E-state index is 12.5. The summed E-state index contributed by atoms with van der Waals surface area (Å²) in [6.07, 6.45) is 4.58. The minimum absolute atomic E-state index is 0.0700. The number of aryl methyl sites for hydroxylation is 1. The molecule has 2 aromatic carbocycles. The van der Waals surface area contributed by atoms with E-state index in [4.69, 9.17) is 4.42 Å². The molecule has 0 saturated carbocycles. The van der Waals surface area contributed by atoms with Gasteiger partial charge in [-0.2, -0.15) is 0 Å². The van der Waals surface area contributed by atoms with Crippen molar-refractivity contribution in [1.29, 1.82) is 0 Å². The fourth-order valence-electron chi connectivity index (χ4n) is 3.77. The highest BCUT2D eigenvalue weighted by Gasteiger charge is 2.16. The van der Waals surface area contributed by atoms with E-state index in [-0.39, 0.29) is 18.4 Å². The highest BCUT2D eigenvalue weighted by atomic mass is 16.4. The molecule has 0 spiro atoms. The van der Waals surface area contributed by atoms with Gasteiger partial charge in [0.1, 0.15) is 5.76 Å². The summed E-state index contributed by atoms with van der Waals surface area (Å²) in [6, 6.07) is 16.7. The van der Waals surface area contributed by atoms with Gasteiger partial charge >= 0.3 is 6.03 Å². The van der Waals surface area contributed by atoms with Gasteiger partial charge in [-0.05, 0) is 56.2 Å². The van der Waals surface area contributed by atoms with E-state index in [1.165, 1.54) is 12.8 Å². The third kappa shape index (κ3) is 5.55. The number of likely N-dealkylation sites (tertiary alicyclic amines) is 1. The van der Waals surface area contributed by atoms with Crippen LogP contribution >= 0.6 is 0 Å². The molecule has 1 aliphatic rings. The zero-order valence-electron chi connectivity index (χ0n) is 18.3. The smallest absolute Gasteiger partial charge is 0.321 e. The first-order valence-corrected chi connectivity index (χ1v) is 11.1. The predicted molar refractivity (Wildman–Crippen MR) is 125 cm³/mol. The lowest BCUT2D eigenvalue weighted by Gasteiger charge is -2.20. The zero-order valence-corrected chi connectivity index (χ0v) is 18.3. The molecule has 166 valence electrons. The van der Waals surface area contributed by atoms with E-state index < -0.39 is 0 Å². The highest BCUT2D eigenvalue weighted by molar-refractivity contribution is 5.93. The van der Waals surface area contributed by atoms with Gasteiger partial charge in [0.05, 0.1) is 12.1 Å². The Morgan fingerprint density at radius 3 is 2.19 bits per heavy atom.